The molecule has 1 saturated carbocycles. The second-order valence-corrected chi connectivity index (χ2v) is 7.16. The van der Waals surface area contributed by atoms with E-state index >= 15 is 0 Å². The summed E-state index contributed by atoms with van der Waals surface area (Å²) in [6.07, 6.45) is 3.13. The fraction of sp³-hybridized carbons (Fsp3) is 0.381. The van der Waals surface area contributed by atoms with E-state index in [1.165, 1.54) is 0 Å². The number of carbonyl (C=O) groups excluding carboxylic acids is 1. The third-order valence-corrected chi connectivity index (χ3v) is 5.73. The molecule has 2 heterocycles. The lowest BCUT2D eigenvalue weighted by atomic mass is 9.81. The largest absolute Gasteiger partial charge is 0.461 e. The second kappa shape index (κ2) is 5.97. The molecule has 0 aromatic heterocycles. The van der Waals surface area contributed by atoms with E-state index < -0.39 is 0 Å². The van der Waals surface area contributed by atoms with Gasteiger partial charge in [0.2, 0.25) is 0 Å². The van der Waals surface area contributed by atoms with Gasteiger partial charge in [0, 0.05) is 0 Å². The van der Waals surface area contributed by atoms with Gasteiger partial charge in [-0.1, -0.05) is 60.7 Å². The summed E-state index contributed by atoms with van der Waals surface area (Å²) >= 11 is 0. The molecule has 0 bridgehead atoms. The molecule has 3 fully saturated rings. The lowest BCUT2D eigenvalue weighted by Crippen LogP contribution is -2.39. The molecule has 4 heteroatoms. The average molecular weight is 335 g/mol. The van der Waals surface area contributed by atoms with Crippen LogP contribution in [0.3, 0.4) is 0 Å². The minimum atomic E-state index is -0.305. The second-order valence-electron chi connectivity index (χ2n) is 7.16. The number of hydrogen-bond donors (Lipinski definition) is 0. The Bertz CT molecular complexity index is 724. The smallest absolute Gasteiger partial charge is 0.326 e. The molecule has 5 rings (SSSR count). The summed E-state index contributed by atoms with van der Waals surface area (Å²) in [5, 5.41) is 1.92. The van der Waals surface area contributed by atoms with Crippen LogP contribution in [0.2, 0.25) is 0 Å². The molecule has 128 valence electrons. The maximum absolute atomic E-state index is 12.6. The third-order valence-electron chi connectivity index (χ3n) is 5.73. The Morgan fingerprint density at radius 3 is 2.12 bits per heavy atom. The number of ether oxygens (including phenoxy) is 1. The molecule has 2 aromatic rings. The van der Waals surface area contributed by atoms with Gasteiger partial charge in [0.1, 0.15) is 12.1 Å². The monoisotopic (exact) mass is 335 g/mol. The Hall–Kier alpha value is -2.17. The molecule has 2 aliphatic heterocycles. The maximum atomic E-state index is 12.6. The van der Waals surface area contributed by atoms with Crippen LogP contribution in [0.5, 0.6) is 0 Å². The van der Waals surface area contributed by atoms with Crippen LogP contribution >= 0.6 is 0 Å². The van der Waals surface area contributed by atoms with Gasteiger partial charge in [0.05, 0.1) is 18.1 Å². The minimum Gasteiger partial charge on any atom is -0.461 e. The Balaban J connectivity index is 1.59. The van der Waals surface area contributed by atoms with E-state index in [1.807, 2.05) is 41.5 Å². The highest BCUT2D eigenvalue weighted by Crippen LogP contribution is 2.48. The molecular formula is C21H21NO3. The van der Waals surface area contributed by atoms with Gasteiger partial charge in [-0.3, -0.25) is 9.63 Å². The maximum Gasteiger partial charge on any atom is 0.326 e. The number of hydroxylamine groups is 2. The van der Waals surface area contributed by atoms with Crippen LogP contribution < -0.4 is 0 Å². The van der Waals surface area contributed by atoms with Gasteiger partial charge >= 0.3 is 5.97 Å². The van der Waals surface area contributed by atoms with Crippen molar-refractivity contribution in [1.29, 1.82) is 0 Å². The molecular weight excluding hydrogens is 314 g/mol. The first-order valence-corrected chi connectivity index (χ1v) is 9.08. The molecule has 4 atom stereocenters. The number of benzene rings is 2. The molecule has 0 unspecified atom stereocenters. The highest BCUT2D eigenvalue weighted by Gasteiger charge is 2.60. The first-order chi connectivity index (χ1) is 12.3. The predicted octanol–water partition coefficient (Wildman–Crippen LogP) is 3.49. The van der Waals surface area contributed by atoms with E-state index in [2.05, 4.69) is 24.3 Å². The van der Waals surface area contributed by atoms with Crippen LogP contribution in [0.4, 0.5) is 0 Å². The van der Waals surface area contributed by atoms with E-state index in [1.54, 1.807) is 0 Å². The van der Waals surface area contributed by atoms with E-state index in [9.17, 15) is 4.79 Å². The van der Waals surface area contributed by atoms with Gasteiger partial charge in [0.25, 0.3) is 0 Å². The zero-order valence-electron chi connectivity index (χ0n) is 14.0. The van der Waals surface area contributed by atoms with Crippen LogP contribution in [-0.4, -0.2) is 29.3 Å². The van der Waals surface area contributed by atoms with Crippen molar-refractivity contribution in [3.05, 3.63) is 71.8 Å². The minimum absolute atomic E-state index is 0.0217. The van der Waals surface area contributed by atoms with Gasteiger partial charge in [-0.05, 0) is 30.4 Å². The molecule has 0 radical (unpaired) electrons. The average Bonchev–Trinajstić information content (AvgIpc) is 3.20. The quantitative estimate of drug-likeness (QED) is 0.805. The van der Waals surface area contributed by atoms with Crippen LogP contribution in [0, 0.1) is 5.92 Å². The van der Waals surface area contributed by atoms with Gasteiger partial charge in [0.15, 0.2) is 0 Å². The van der Waals surface area contributed by atoms with Crippen molar-refractivity contribution in [3.63, 3.8) is 0 Å². The highest BCUT2D eigenvalue weighted by atomic mass is 16.7. The lowest BCUT2D eigenvalue weighted by Gasteiger charge is -2.31. The number of nitrogens with zero attached hydrogens (tertiary/aromatic N) is 1. The van der Waals surface area contributed by atoms with Crippen molar-refractivity contribution in [2.75, 3.05) is 0 Å². The van der Waals surface area contributed by atoms with Crippen LogP contribution in [0.1, 0.15) is 36.4 Å². The highest BCUT2D eigenvalue weighted by molar-refractivity contribution is 5.79. The van der Waals surface area contributed by atoms with Crippen LogP contribution in [-0.2, 0) is 14.4 Å². The predicted molar refractivity (Wildman–Crippen MR) is 92.4 cm³/mol. The molecule has 3 aliphatic rings. The fourth-order valence-corrected chi connectivity index (χ4v) is 4.66. The first-order valence-electron chi connectivity index (χ1n) is 9.08. The van der Waals surface area contributed by atoms with E-state index in [0.717, 1.165) is 30.4 Å². The molecule has 2 aromatic carbocycles. The molecule has 1 aliphatic carbocycles. The number of hydrogen-bond acceptors (Lipinski definition) is 4. The molecule has 25 heavy (non-hydrogen) atoms. The van der Waals surface area contributed by atoms with Crippen molar-refractivity contribution in [2.24, 2.45) is 5.92 Å². The third kappa shape index (κ3) is 2.40. The van der Waals surface area contributed by atoms with Crippen molar-refractivity contribution < 1.29 is 14.4 Å². The van der Waals surface area contributed by atoms with Gasteiger partial charge in [-0.15, -0.1) is 0 Å². The molecule has 0 amide bonds. The first kappa shape index (κ1) is 15.1. The van der Waals surface area contributed by atoms with Crippen molar-refractivity contribution in [3.8, 4) is 0 Å². The Morgan fingerprint density at radius 2 is 1.48 bits per heavy atom. The summed E-state index contributed by atoms with van der Waals surface area (Å²) in [7, 11) is 0. The summed E-state index contributed by atoms with van der Waals surface area (Å²) in [5.41, 5.74) is 2.26. The summed E-state index contributed by atoms with van der Waals surface area (Å²) in [5.74, 6) is 0.0347. The normalized spacial score (nSPS) is 31.2. The van der Waals surface area contributed by atoms with Gasteiger partial charge < -0.3 is 4.74 Å². The number of carbonyl (C=O) groups is 1. The summed E-state index contributed by atoms with van der Waals surface area (Å²) in [6, 6.07) is 20.1. The molecule has 4 nitrogen and oxygen atoms in total. The lowest BCUT2D eigenvalue weighted by molar-refractivity contribution is -0.204. The van der Waals surface area contributed by atoms with E-state index in [0.29, 0.717) is 0 Å². The van der Waals surface area contributed by atoms with Crippen molar-refractivity contribution in [1.82, 2.24) is 5.06 Å². The number of esters is 1. The Labute approximate surface area is 147 Å². The standard InChI is InChI=1S/C21H21NO3/c23-21-20-18-16(24-21)12-7-13-17(18)25-22(20)19(14-8-3-1-4-9-14)15-10-5-2-6-11-15/h1-6,8-11,16-20H,7,12-13H2/t16-,17+,18-,20+/m0/s1. The summed E-state index contributed by atoms with van der Waals surface area (Å²) in [6.45, 7) is 0. The molecule has 0 N–H and O–H groups in total. The van der Waals surface area contributed by atoms with Crippen LogP contribution in [0.15, 0.2) is 60.7 Å². The number of rotatable bonds is 3. The van der Waals surface area contributed by atoms with E-state index in [4.69, 9.17) is 9.57 Å². The topological polar surface area (TPSA) is 38.8 Å². The van der Waals surface area contributed by atoms with Gasteiger partial charge in [-0.25, -0.2) is 0 Å². The molecule has 0 spiro atoms. The van der Waals surface area contributed by atoms with Crippen molar-refractivity contribution >= 4 is 5.97 Å². The molecule has 2 saturated heterocycles. The SMILES string of the molecule is O=C1O[C@H]2CCC[C@H]3ON(C(c4ccccc4)c4ccccc4)[C@@H]1[C@@H]23. The van der Waals surface area contributed by atoms with Crippen LogP contribution in [0.25, 0.3) is 0 Å². The summed E-state index contributed by atoms with van der Waals surface area (Å²) < 4.78 is 5.69. The van der Waals surface area contributed by atoms with E-state index in [-0.39, 0.29) is 36.2 Å². The Morgan fingerprint density at radius 1 is 0.880 bits per heavy atom. The van der Waals surface area contributed by atoms with Gasteiger partial charge in [-0.2, -0.15) is 5.06 Å². The van der Waals surface area contributed by atoms with Crippen molar-refractivity contribution in [2.45, 2.75) is 43.6 Å². The summed E-state index contributed by atoms with van der Waals surface area (Å²) in [4.78, 5) is 19.0. The Kier molecular flexibility index (Phi) is 3.61. The zero-order chi connectivity index (χ0) is 16.8. The fourth-order valence-electron chi connectivity index (χ4n) is 4.66. The zero-order valence-corrected chi connectivity index (χ0v) is 14.0.